The number of hydrogen-bond donors (Lipinski definition) is 1. The summed E-state index contributed by atoms with van der Waals surface area (Å²) in [5, 5.41) is 11.1. The smallest absolute Gasteiger partial charge is 0.295 e. The Kier molecular flexibility index (Phi) is 5.55. The van der Waals surface area contributed by atoms with Gasteiger partial charge in [-0.1, -0.05) is 6.07 Å². The van der Waals surface area contributed by atoms with Gasteiger partial charge >= 0.3 is 0 Å². The van der Waals surface area contributed by atoms with Gasteiger partial charge in [-0.3, -0.25) is 14.6 Å². The highest BCUT2D eigenvalue weighted by atomic mass is 16.5. The van der Waals surface area contributed by atoms with E-state index in [0.29, 0.717) is 30.7 Å². The summed E-state index contributed by atoms with van der Waals surface area (Å²) >= 11 is 0. The molecule has 2 atom stereocenters. The predicted molar refractivity (Wildman–Crippen MR) is 110 cm³/mol. The lowest BCUT2D eigenvalue weighted by molar-refractivity contribution is -0.140. The van der Waals surface area contributed by atoms with Crippen molar-refractivity contribution in [2.45, 2.75) is 31.9 Å². The molecule has 1 N–H and O–H groups in total. The van der Waals surface area contributed by atoms with Crippen LogP contribution in [0, 0.1) is 0 Å². The molecule has 7 nitrogen and oxygen atoms in total. The average molecular weight is 408 g/mol. The minimum absolute atomic E-state index is 0.0687. The van der Waals surface area contributed by atoms with Gasteiger partial charge in [0, 0.05) is 44.6 Å². The Morgan fingerprint density at radius 3 is 2.90 bits per heavy atom. The largest absolute Gasteiger partial charge is 0.507 e. The first-order valence-electron chi connectivity index (χ1n) is 9.98. The first-order valence-corrected chi connectivity index (χ1v) is 9.98. The zero-order valence-corrected chi connectivity index (χ0v) is 17.0. The Labute approximate surface area is 174 Å². The van der Waals surface area contributed by atoms with E-state index < -0.39 is 17.7 Å². The number of aliphatic hydroxyl groups is 1. The molecule has 1 aromatic heterocycles. The fourth-order valence-corrected chi connectivity index (χ4v) is 4.10. The van der Waals surface area contributed by atoms with Crippen molar-refractivity contribution in [1.82, 2.24) is 9.88 Å². The highest BCUT2D eigenvalue weighted by molar-refractivity contribution is 6.46. The van der Waals surface area contributed by atoms with Crippen LogP contribution in [-0.2, 0) is 20.7 Å². The third-order valence-electron chi connectivity index (χ3n) is 5.46. The first-order chi connectivity index (χ1) is 14.5. The van der Waals surface area contributed by atoms with Crippen LogP contribution in [0.25, 0.3) is 5.76 Å². The van der Waals surface area contributed by atoms with Crippen molar-refractivity contribution in [3.8, 4) is 5.75 Å². The second-order valence-electron chi connectivity index (χ2n) is 7.58. The number of hydrogen-bond acceptors (Lipinski definition) is 6. The van der Waals surface area contributed by atoms with Gasteiger partial charge in [0.05, 0.1) is 11.6 Å². The Balaban J connectivity index is 1.78. The van der Waals surface area contributed by atoms with Crippen LogP contribution in [0.3, 0.4) is 0 Å². The fourth-order valence-electron chi connectivity index (χ4n) is 4.10. The van der Waals surface area contributed by atoms with E-state index in [1.54, 1.807) is 43.8 Å². The number of benzene rings is 1. The summed E-state index contributed by atoms with van der Waals surface area (Å²) in [4.78, 5) is 31.4. The number of aliphatic hydroxyl groups excluding tert-OH is 1. The van der Waals surface area contributed by atoms with Gasteiger partial charge in [-0.25, -0.2) is 0 Å². The summed E-state index contributed by atoms with van der Waals surface area (Å²) in [5.74, 6) is -0.717. The number of ether oxygens (including phenoxy) is 2. The molecule has 30 heavy (non-hydrogen) atoms. The number of nitrogens with zero attached hydrogens (tertiary/aromatic N) is 2. The minimum atomic E-state index is -0.695. The summed E-state index contributed by atoms with van der Waals surface area (Å²) in [6.07, 6.45) is 4.62. The van der Waals surface area contributed by atoms with E-state index in [1.807, 2.05) is 13.0 Å². The van der Waals surface area contributed by atoms with E-state index in [2.05, 4.69) is 4.98 Å². The second-order valence-corrected chi connectivity index (χ2v) is 7.58. The van der Waals surface area contributed by atoms with Gasteiger partial charge in [0.2, 0.25) is 0 Å². The van der Waals surface area contributed by atoms with Gasteiger partial charge in [0.15, 0.2) is 0 Å². The molecule has 2 aromatic rings. The van der Waals surface area contributed by atoms with Gasteiger partial charge < -0.3 is 19.5 Å². The van der Waals surface area contributed by atoms with Crippen LogP contribution in [0.5, 0.6) is 5.75 Å². The molecule has 1 aromatic carbocycles. The molecule has 2 unspecified atom stereocenters. The number of methoxy groups -OCH3 is 1. The van der Waals surface area contributed by atoms with E-state index in [4.69, 9.17) is 9.47 Å². The van der Waals surface area contributed by atoms with Crippen LogP contribution in [0.2, 0.25) is 0 Å². The van der Waals surface area contributed by atoms with Gasteiger partial charge in [0.25, 0.3) is 11.7 Å². The molecule has 1 fully saturated rings. The number of Topliss-reactive ketones (excluding diaryl/α,β-unsaturated/α-hetero) is 1. The maximum absolute atomic E-state index is 12.9. The van der Waals surface area contributed by atoms with Gasteiger partial charge in [0.1, 0.15) is 17.6 Å². The molecule has 0 aliphatic carbocycles. The van der Waals surface area contributed by atoms with Crippen molar-refractivity contribution < 1.29 is 24.2 Å². The topological polar surface area (TPSA) is 89.0 Å². The van der Waals surface area contributed by atoms with E-state index in [0.717, 1.165) is 17.7 Å². The Morgan fingerprint density at radius 1 is 1.33 bits per heavy atom. The molecule has 156 valence electrons. The molecule has 0 spiro atoms. The van der Waals surface area contributed by atoms with Crippen molar-refractivity contribution in [2.75, 3.05) is 20.3 Å². The van der Waals surface area contributed by atoms with Gasteiger partial charge in [-0.2, -0.15) is 0 Å². The van der Waals surface area contributed by atoms with Crippen LogP contribution in [-0.4, -0.2) is 53.0 Å². The fraction of sp³-hybridized carbons (Fsp3) is 0.348. The van der Waals surface area contributed by atoms with Crippen molar-refractivity contribution in [3.05, 3.63) is 65.0 Å². The van der Waals surface area contributed by atoms with Crippen molar-refractivity contribution in [2.24, 2.45) is 0 Å². The zero-order chi connectivity index (χ0) is 21.3. The van der Waals surface area contributed by atoms with Gasteiger partial charge in [-0.15, -0.1) is 0 Å². The number of fused-ring (bicyclic) bond motifs is 1. The molecular weight excluding hydrogens is 384 g/mol. The molecule has 0 bridgehead atoms. The van der Waals surface area contributed by atoms with Gasteiger partial charge in [-0.05, 0) is 48.7 Å². The SMILES string of the molecule is COCCCN1C(=O)C(=O)C(=C(O)c2ccc3c(c2)CC(C)O3)C1c1cccnc1. The van der Waals surface area contributed by atoms with Crippen LogP contribution >= 0.6 is 0 Å². The molecule has 2 aliphatic rings. The molecular formula is C23H24N2O5. The zero-order valence-electron chi connectivity index (χ0n) is 17.0. The van der Waals surface area contributed by atoms with E-state index >= 15 is 0 Å². The number of ketones is 1. The van der Waals surface area contributed by atoms with E-state index in [-0.39, 0.29) is 17.4 Å². The molecule has 0 saturated carbocycles. The summed E-state index contributed by atoms with van der Waals surface area (Å²) in [7, 11) is 1.59. The lowest BCUT2D eigenvalue weighted by atomic mass is 9.95. The molecule has 2 aliphatic heterocycles. The highest BCUT2D eigenvalue weighted by Crippen LogP contribution is 2.40. The third kappa shape index (κ3) is 3.57. The molecule has 7 heteroatoms. The van der Waals surface area contributed by atoms with Crippen molar-refractivity contribution in [3.63, 3.8) is 0 Å². The molecule has 0 radical (unpaired) electrons. The summed E-state index contributed by atoms with van der Waals surface area (Å²) in [6.45, 7) is 2.78. The molecule has 3 heterocycles. The summed E-state index contributed by atoms with van der Waals surface area (Å²) in [5.41, 5.74) is 2.22. The van der Waals surface area contributed by atoms with Crippen molar-refractivity contribution in [1.29, 1.82) is 0 Å². The number of pyridine rings is 1. The van der Waals surface area contributed by atoms with Crippen LogP contribution in [0.15, 0.2) is 48.3 Å². The number of rotatable bonds is 6. The Morgan fingerprint density at radius 2 is 2.17 bits per heavy atom. The normalized spacial score (nSPS) is 22.3. The molecule has 1 saturated heterocycles. The highest BCUT2D eigenvalue weighted by Gasteiger charge is 2.46. The van der Waals surface area contributed by atoms with Crippen LogP contribution in [0.4, 0.5) is 0 Å². The summed E-state index contributed by atoms with van der Waals surface area (Å²) < 4.78 is 10.8. The number of carbonyl (C=O) groups excluding carboxylic acids is 2. The average Bonchev–Trinajstić information content (AvgIpc) is 3.25. The van der Waals surface area contributed by atoms with Crippen molar-refractivity contribution >= 4 is 17.4 Å². The van der Waals surface area contributed by atoms with E-state index in [1.165, 1.54) is 4.90 Å². The monoisotopic (exact) mass is 408 g/mol. The quantitative estimate of drug-likeness (QED) is 0.342. The minimum Gasteiger partial charge on any atom is -0.507 e. The second kappa shape index (κ2) is 8.28. The lowest BCUT2D eigenvalue weighted by Gasteiger charge is -2.25. The first kappa shape index (κ1) is 20.1. The van der Waals surface area contributed by atoms with E-state index in [9.17, 15) is 14.7 Å². The number of amides is 1. The Hall–Kier alpha value is -3.19. The number of aromatic nitrogens is 1. The molecule has 1 amide bonds. The number of likely N-dealkylation sites (tertiary alicyclic amines) is 1. The van der Waals surface area contributed by atoms with Crippen LogP contribution < -0.4 is 4.74 Å². The lowest BCUT2D eigenvalue weighted by Crippen LogP contribution is -2.31. The predicted octanol–water partition coefficient (Wildman–Crippen LogP) is 2.86. The maximum atomic E-state index is 12.9. The van der Waals surface area contributed by atoms with Crippen LogP contribution in [0.1, 0.15) is 36.1 Å². The molecule has 4 rings (SSSR count). The Bertz CT molecular complexity index is 1000. The summed E-state index contributed by atoms with van der Waals surface area (Å²) in [6, 6.07) is 8.19. The third-order valence-corrected chi connectivity index (χ3v) is 5.46. The standard InChI is InChI=1S/C23H24N2O5/c1-14-11-17-12-15(6-7-18(17)30-14)21(26)19-20(16-5-3-8-24-13-16)25(9-4-10-29-2)23(28)22(19)27/h3,5-8,12-14,20,26H,4,9-11H2,1-2H3. The number of carbonyl (C=O) groups is 2. The maximum Gasteiger partial charge on any atom is 0.295 e.